The molecule has 0 radical (unpaired) electrons. The van der Waals surface area contributed by atoms with Crippen molar-refractivity contribution in [3.05, 3.63) is 146 Å². The van der Waals surface area contributed by atoms with Crippen LogP contribution in [0.2, 0.25) is 0 Å². The summed E-state index contributed by atoms with van der Waals surface area (Å²) in [6.07, 6.45) is 92.8. The standard InChI is InChI=1S/C72H116O6/c1-4-7-10-13-16-19-22-25-28-30-31-32-33-34-35-36-37-38-39-40-41-42-45-47-50-53-56-59-62-65-71(74)77-68-69(67-76-70(73)64-61-58-55-52-49-46-43-27-24-21-18-15-12-9-6-3)78-72(75)66-63-60-57-54-51-48-44-29-26-23-20-17-14-11-8-5-2/h7,9-10,12,16,18-19,21,25,27-29,31-32,34-35,37-38,40-41,43-44,49,52,69H,4-6,8,11,13-15,17,20,22-24,26,30,33,36,39,42,45-48,50-51,53-68H2,1-3H3/b10-7-,12-9-,19-16-,21-18-,28-25-,32-31-,35-34-,38-37-,41-40-,43-27-,44-29-,52-49-. The van der Waals surface area contributed by atoms with Crippen molar-refractivity contribution < 1.29 is 28.6 Å². The summed E-state index contributed by atoms with van der Waals surface area (Å²) in [6, 6.07) is 0. The van der Waals surface area contributed by atoms with E-state index in [1.54, 1.807) is 0 Å². The molecule has 0 bridgehead atoms. The highest BCUT2D eigenvalue weighted by Crippen LogP contribution is 2.14. The van der Waals surface area contributed by atoms with E-state index >= 15 is 0 Å². The van der Waals surface area contributed by atoms with Crippen LogP contribution in [0.25, 0.3) is 0 Å². The van der Waals surface area contributed by atoms with Gasteiger partial charge in [0.2, 0.25) is 0 Å². The molecule has 0 spiro atoms. The van der Waals surface area contributed by atoms with E-state index in [4.69, 9.17) is 14.2 Å². The number of rotatable bonds is 56. The van der Waals surface area contributed by atoms with Gasteiger partial charge < -0.3 is 14.2 Å². The van der Waals surface area contributed by atoms with Crippen molar-refractivity contribution in [2.24, 2.45) is 0 Å². The number of carbonyl (C=O) groups is 3. The van der Waals surface area contributed by atoms with Gasteiger partial charge >= 0.3 is 17.9 Å². The number of ether oxygens (including phenoxy) is 3. The van der Waals surface area contributed by atoms with Crippen LogP contribution in [0.4, 0.5) is 0 Å². The molecule has 6 heteroatoms. The van der Waals surface area contributed by atoms with Crippen LogP contribution in [0.5, 0.6) is 0 Å². The predicted octanol–water partition coefficient (Wildman–Crippen LogP) is 21.9. The molecule has 0 aliphatic carbocycles. The summed E-state index contributed by atoms with van der Waals surface area (Å²) >= 11 is 0. The van der Waals surface area contributed by atoms with E-state index < -0.39 is 6.10 Å². The molecule has 0 aromatic carbocycles. The first kappa shape index (κ1) is 73.3. The lowest BCUT2D eigenvalue weighted by molar-refractivity contribution is -0.167. The molecule has 0 aliphatic rings. The minimum absolute atomic E-state index is 0.105. The smallest absolute Gasteiger partial charge is 0.306 e. The molecule has 1 unspecified atom stereocenters. The Labute approximate surface area is 480 Å². The van der Waals surface area contributed by atoms with Gasteiger partial charge in [-0.25, -0.2) is 0 Å². The van der Waals surface area contributed by atoms with Crippen LogP contribution < -0.4 is 0 Å². The maximum absolute atomic E-state index is 12.9. The molecule has 0 N–H and O–H groups in total. The minimum atomic E-state index is -0.811. The summed E-state index contributed by atoms with van der Waals surface area (Å²) < 4.78 is 16.9. The summed E-state index contributed by atoms with van der Waals surface area (Å²) in [6.45, 7) is 6.36. The predicted molar refractivity (Wildman–Crippen MR) is 339 cm³/mol. The molecule has 6 nitrogen and oxygen atoms in total. The molecule has 0 aliphatic heterocycles. The third-order valence-corrected chi connectivity index (χ3v) is 13.1. The van der Waals surface area contributed by atoms with Gasteiger partial charge in [0.25, 0.3) is 0 Å². The summed E-state index contributed by atoms with van der Waals surface area (Å²) in [4.78, 5) is 38.3. The quantitative estimate of drug-likeness (QED) is 0.0261. The van der Waals surface area contributed by atoms with Crippen LogP contribution >= 0.6 is 0 Å². The van der Waals surface area contributed by atoms with E-state index in [0.29, 0.717) is 19.3 Å². The van der Waals surface area contributed by atoms with Crippen molar-refractivity contribution in [1.82, 2.24) is 0 Å². The molecule has 1 atom stereocenters. The van der Waals surface area contributed by atoms with Gasteiger partial charge in [0.05, 0.1) is 0 Å². The Hall–Kier alpha value is -4.71. The van der Waals surface area contributed by atoms with E-state index in [-0.39, 0.29) is 31.1 Å². The van der Waals surface area contributed by atoms with Crippen molar-refractivity contribution in [1.29, 1.82) is 0 Å². The summed E-state index contributed by atoms with van der Waals surface area (Å²) in [5.41, 5.74) is 0. The summed E-state index contributed by atoms with van der Waals surface area (Å²) in [5.74, 6) is -0.967. The lowest BCUT2D eigenvalue weighted by Gasteiger charge is -2.18. The fourth-order valence-electron chi connectivity index (χ4n) is 8.35. The number of carbonyl (C=O) groups excluding carboxylic acids is 3. The maximum Gasteiger partial charge on any atom is 0.306 e. The highest BCUT2D eigenvalue weighted by atomic mass is 16.6. The molecular formula is C72H116O6. The van der Waals surface area contributed by atoms with Crippen LogP contribution in [0.3, 0.4) is 0 Å². The Kier molecular flexibility index (Phi) is 60.9. The molecule has 78 heavy (non-hydrogen) atoms. The number of unbranched alkanes of at least 4 members (excludes halogenated alkanes) is 21. The molecule has 0 saturated heterocycles. The molecule has 0 heterocycles. The first-order valence-electron chi connectivity index (χ1n) is 31.8. The fraction of sp³-hybridized carbons (Fsp3) is 0.625. The molecular weight excluding hydrogens is 961 g/mol. The van der Waals surface area contributed by atoms with E-state index in [0.717, 1.165) is 148 Å². The van der Waals surface area contributed by atoms with E-state index in [1.165, 1.54) is 83.5 Å². The van der Waals surface area contributed by atoms with Gasteiger partial charge in [-0.3, -0.25) is 14.4 Å². The van der Waals surface area contributed by atoms with Crippen molar-refractivity contribution in [2.45, 2.75) is 277 Å². The number of allylic oxidation sites excluding steroid dienone is 24. The van der Waals surface area contributed by atoms with Gasteiger partial charge in [0, 0.05) is 19.3 Å². The van der Waals surface area contributed by atoms with Crippen molar-refractivity contribution >= 4 is 17.9 Å². The Morgan fingerprint density at radius 1 is 0.269 bits per heavy atom. The summed E-state index contributed by atoms with van der Waals surface area (Å²) in [7, 11) is 0. The highest BCUT2D eigenvalue weighted by Gasteiger charge is 2.19. The second kappa shape index (κ2) is 64.8. The number of hydrogen-bond donors (Lipinski definition) is 0. The van der Waals surface area contributed by atoms with Gasteiger partial charge in [-0.1, -0.05) is 256 Å². The molecule has 0 saturated carbocycles. The minimum Gasteiger partial charge on any atom is -0.462 e. The van der Waals surface area contributed by atoms with E-state index in [2.05, 4.69) is 167 Å². The molecule has 0 amide bonds. The van der Waals surface area contributed by atoms with Crippen LogP contribution in [0.1, 0.15) is 271 Å². The zero-order valence-corrected chi connectivity index (χ0v) is 50.4. The third-order valence-electron chi connectivity index (χ3n) is 13.1. The van der Waals surface area contributed by atoms with Crippen molar-refractivity contribution in [3.63, 3.8) is 0 Å². The van der Waals surface area contributed by atoms with Gasteiger partial charge in [-0.2, -0.15) is 0 Å². The molecule has 0 rings (SSSR count). The van der Waals surface area contributed by atoms with Crippen LogP contribution in [-0.2, 0) is 28.6 Å². The van der Waals surface area contributed by atoms with Crippen LogP contribution in [0, 0.1) is 0 Å². The van der Waals surface area contributed by atoms with Crippen LogP contribution in [0.15, 0.2) is 146 Å². The Bertz CT molecular complexity index is 1710. The lowest BCUT2D eigenvalue weighted by atomic mass is 10.1. The van der Waals surface area contributed by atoms with Crippen molar-refractivity contribution in [3.8, 4) is 0 Å². The normalized spacial score (nSPS) is 13.1. The van der Waals surface area contributed by atoms with Crippen molar-refractivity contribution in [2.75, 3.05) is 13.2 Å². The number of esters is 3. The average molecular weight is 1080 g/mol. The largest absolute Gasteiger partial charge is 0.462 e. The Morgan fingerprint density at radius 3 is 0.821 bits per heavy atom. The summed E-state index contributed by atoms with van der Waals surface area (Å²) in [5, 5.41) is 0. The second-order valence-corrected chi connectivity index (χ2v) is 20.5. The Morgan fingerprint density at radius 2 is 0.500 bits per heavy atom. The van der Waals surface area contributed by atoms with E-state index in [9.17, 15) is 14.4 Å². The van der Waals surface area contributed by atoms with Crippen LogP contribution in [-0.4, -0.2) is 37.2 Å². The Balaban J connectivity index is 4.41. The molecule has 0 fully saturated rings. The van der Waals surface area contributed by atoms with Gasteiger partial charge in [-0.05, 0) is 141 Å². The fourth-order valence-corrected chi connectivity index (χ4v) is 8.35. The zero-order chi connectivity index (χ0) is 56.4. The molecule has 0 aromatic rings. The van der Waals surface area contributed by atoms with Gasteiger partial charge in [0.1, 0.15) is 13.2 Å². The number of hydrogen-bond acceptors (Lipinski definition) is 6. The molecule has 440 valence electrons. The average Bonchev–Trinajstić information content (AvgIpc) is 3.44. The monoisotopic (exact) mass is 1080 g/mol. The maximum atomic E-state index is 12.9. The van der Waals surface area contributed by atoms with Gasteiger partial charge in [0.15, 0.2) is 6.10 Å². The third kappa shape index (κ3) is 62.1. The first-order chi connectivity index (χ1) is 38.5. The van der Waals surface area contributed by atoms with E-state index in [1.807, 2.05) is 0 Å². The second-order valence-electron chi connectivity index (χ2n) is 20.5. The lowest BCUT2D eigenvalue weighted by Crippen LogP contribution is -2.30. The highest BCUT2D eigenvalue weighted by molar-refractivity contribution is 5.71. The topological polar surface area (TPSA) is 78.9 Å². The SMILES string of the molecule is CC/C=C\C/C=C\C/C=C\C/C=C\C/C=C\C/C=C\C/C=C\CCCCCCCCCC(=O)OCC(COC(=O)CCCC/C=C\C/C=C\C/C=C\C/C=C\CC)OC(=O)CCCCCCC/C=C\CCCCCCCCC. The van der Waals surface area contributed by atoms with Gasteiger partial charge in [-0.15, -0.1) is 0 Å². The first-order valence-corrected chi connectivity index (χ1v) is 31.8. The zero-order valence-electron chi connectivity index (χ0n) is 50.4. The molecule has 0 aromatic heterocycles.